The maximum Gasteiger partial charge on any atom is 0.453 e. The molecule has 114 valence electrons. The molecule has 2 rings (SSSR count). The second kappa shape index (κ2) is 6.13. The first-order valence-electron chi connectivity index (χ1n) is 7.16. The second-order valence-corrected chi connectivity index (χ2v) is 4.84. The van der Waals surface area contributed by atoms with Gasteiger partial charge in [-0.05, 0) is 25.5 Å². The molecule has 0 spiro atoms. The molecule has 0 fully saturated rings. The summed E-state index contributed by atoms with van der Waals surface area (Å²) in [6, 6.07) is 0. The Morgan fingerprint density at radius 1 is 1.43 bits per heavy atom. The number of quaternary nitrogens is 1. The van der Waals surface area contributed by atoms with E-state index < -0.39 is 6.09 Å². The average molecular weight is 292 g/mol. The van der Waals surface area contributed by atoms with E-state index in [0.29, 0.717) is 12.4 Å². The van der Waals surface area contributed by atoms with Crippen LogP contribution in [0.15, 0.2) is 40.5 Å². The van der Waals surface area contributed by atoms with Crippen molar-refractivity contribution in [3.8, 4) is 0 Å². The number of hydrogen-bond donors (Lipinski definition) is 1. The molecule has 1 atom stereocenters. The minimum Gasteiger partial charge on any atom is -0.491 e. The maximum absolute atomic E-state index is 11.9. The molecule has 0 saturated heterocycles. The molecule has 0 aromatic rings. The van der Waals surface area contributed by atoms with E-state index in [-0.39, 0.29) is 4.59 Å². The molecule has 6 heteroatoms. The number of ether oxygens (including phenoxy) is 2. The number of fused-ring (bicyclic) bond motifs is 1. The highest BCUT2D eigenvalue weighted by molar-refractivity contribution is 5.81. The molecule has 0 aliphatic carbocycles. The van der Waals surface area contributed by atoms with Crippen LogP contribution in [0.5, 0.6) is 0 Å². The van der Waals surface area contributed by atoms with Gasteiger partial charge in [0.1, 0.15) is 11.9 Å². The van der Waals surface area contributed by atoms with Crippen molar-refractivity contribution < 1.29 is 18.9 Å². The first kappa shape index (κ1) is 15.3. The fraction of sp³-hybridized carbons (Fsp3) is 0.467. The summed E-state index contributed by atoms with van der Waals surface area (Å²) < 4.78 is 10.5. The van der Waals surface area contributed by atoms with Crippen LogP contribution in [-0.4, -0.2) is 30.2 Å². The monoisotopic (exact) mass is 292 g/mol. The Balaban J connectivity index is 2.46. The zero-order valence-electron chi connectivity index (χ0n) is 13.0. The molecule has 1 N–H and O–H groups in total. The number of rotatable bonds is 5. The third kappa shape index (κ3) is 2.58. The maximum atomic E-state index is 11.9. The number of amides is 1. The number of hydrogen-bond acceptors (Lipinski definition) is 4. The van der Waals surface area contributed by atoms with Crippen LogP contribution >= 0.6 is 0 Å². The van der Waals surface area contributed by atoms with E-state index in [1.54, 1.807) is 14.0 Å². The van der Waals surface area contributed by atoms with E-state index in [2.05, 4.69) is 17.3 Å². The van der Waals surface area contributed by atoms with Crippen LogP contribution < -0.4 is 5.43 Å². The van der Waals surface area contributed by atoms with Crippen LogP contribution in [0.3, 0.4) is 0 Å². The fourth-order valence-electron chi connectivity index (χ4n) is 2.59. The van der Waals surface area contributed by atoms with Gasteiger partial charge in [0, 0.05) is 6.92 Å². The van der Waals surface area contributed by atoms with Crippen molar-refractivity contribution in [2.45, 2.75) is 33.6 Å². The summed E-state index contributed by atoms with van der Waals surface area (Å²) in [5.74, 6) is 1.47. The average Bonchev–Trinajstić information content (AvgIpc) is 2.72. The van der Waals surface area contributed by atoms with E-state index in [9.17, 15) is 4.79 Å². The van der Waals surface area contributed by atoms with Crippen LogP contribution in [0, 0.1) is 0 Å². The highest BCUT2D eigenvalue weighted by Gasteiger charge is 2.48. The molecule has 0 saturated carbocycles. The standard InChI is InChI=1S/C15H21N3O3/c1-5-8-12-14-13(20-4)9-7-10-18(14,11(3)16-12)17-15(19)21-6-2/h7,9-10H,5-6,8H2,1-4H3/p+1. The molecule has 2 aliphatic rings. The Hall–Kier alpha value is -2.08. The molecule has 6 nitrogen and oxygen atoms in total. The predicted octanol–water partition coefficient (Wildman–Crippen LogP) is 2.97. The van der Waals surface area contributed by atoms with Gasteiger partial charge in [-0.25, -0.2) is 4.79 Å². The predicted molar refractivity (Wildman–Crippen MR) is 79.7 cm³/mol. The smallest absolute Gasteiger partial charge is 0.453 e. The van der Waals surface area contributed by atoms with E-state index >= 15 is 0 Å². The van der Waals surface area contributed by atoms with Crippen molar-refractivity contribution in [1.82, 2.24) is 5.43 Å². The molecular formula is C15H22N3O3+. The van der Waals surface area contributed by atoms with Gasteiger partial charge >= 0.3 is 6.09 Å². The van der Waals surface area contributed by atoms with Crippen LogP contribution in [-0.2, 0) is 9.47 Å². The fourth-order valence-corrected chi connectivity index (χ4v) is 2.59. The first-order valence-corrected chi connectivity index (χ1v) is 7.16. The van der Waals surface area contributed by atoms with Crippen molar-refractivity contribution in [1.29, 1.82) is 0 Å². The summed E-state index contributed by atoms with van der Waals surface area (Å²) in [7, 11) is 1.62. The van der Waals surface area contributed by atoms with Gasteiger partial charge < -0.3 is 9.47 Å². The Bertz CT molecular complexity index is 561. The Labute approximate surface area is 125 Å². The van der Waals surface area contributed by atoms with E-state index in [4.69, 9.17) is 9.47 Å². The van der Waals surface area contributed by atoms with Crippen molar-refractivity contribution in [2.75, 3.05) is 13.7 Å². The largest absolute Gasteiger partial charge is 0.491 e. The number of aliphatic imine (C=N–C) groups is 1. The van der Waals surface area contributed by atoms with Gasteiger partial charge in [-0.15, -0.1) is 10.0 Å². The SMILES string of the molecule is CCCC1=C2C(OC)=CC=C[N+]2(NC(=O)OCC)C(C)=N1. The first-order chi connectivity index (χ1) is 10.1. The molecule has 0 aromatic carbocycles. The number of nitrogens with one attached hydrogen (secondary N) is 1. The molecule has 1 unspecified atom stereocenters. The summed E-state index contributed by atoms with van der Waals surface area (Å²) >= 11 is 0. The van der Waals surface area contributed by atoms with Crippen LogP contribution in [0.1, 0.15) is 33.6 Å². The minimum atomic E-state index is -0.482. The summed E-state index contributed by atoms with van der Waals surface area (Å²) in [6.45, 7) is 6.08. The van der Waals surface area contributed by atoms with Crippen molar-refractivity contribution in [3.63, 3.8) is 0 Å². The van der Waals surface area contributed by atoms with Gasteiger partial charge in [0.25, 0.3) is 0 Å². The van der Waals surface area contributed by atoms with Crippen LogP contribution in [0.2, 0.25) is 0 Å². The second-order valence-electron chi connectivity index (χ2n) is 4.84. The number of amidine groups is 1. The number of allylic oxidation sites excluding steroid dienone is 3. The van der Waals surface area contributed by atoms with E-state index in [1.807, 2.05) is 25.3 Å². The molecular weight excluding hydrogens is 270 g/mol. The third-order valence-electron chi connectivity index (χ3n) is 3.47. The Morgan fingerprint density at radius 2 is 2.19 bits per heavy atom. The zero-order valence-corrected chi connectivity index (χ0v) is 13.0. The highest BCUT2D eigenvalue weighted by Crippen LogP contribution is 2.38. The zero-order chi connectivity index (χ0) is 15.5. The van der Waals surface area contributed by atoms with E-state index in [1.165, 1.54) is 0 Å². The molecule has 0 bridgehead atoms. The molecule has 0 aromatic heterocycles. The molecule has 0 radical (unpaired) electrons. The van der Waals surface area contributed by atoms with Gasteiger partial charge in [-0.1, -0.05) is 13.3 Å². The Morgan fingerprint density at radius 3 is 2.81 bits per heavy atom. The number of carbonyl (C=O) groups excluding carboxylic acids is 1. The van der Waals surface area contributed by atoms with Crippen LogP contribution in [0.4, 0.5) is 4.79 Å². The number of carbonyl (C=O) groups is 1. The van der Waals surface area contributed by atoms with Crippen molar-refractivity contribution in [3.05, 3.63) is 35.5 Å². The van der Waals surface area contributed by atoms with Crippen molar-refractivity contribution >= 4 is 11.9 Å². The lowest BCUT2D eigenvalue weighted by atomic mass is 10.1. The van der Waals surface area contributed by atoms with Gasteiger partial charge in [0.05, 0.1) is 13.7 Å². The quantitative estimate of drug-likeness (QED) is 0.792. The lowest BCUT2D eigenvalue weighted by Crippen LogP contribution is -2.58. The summed E-state index contributed by atoms with van der Waals surface area (Å²) in [4.78, 5) is 16.6. The van der Waals surface area contributed by atoms with Crippen molar-refractivity contribution in [2.24, 2.45) is 4.99 Å². The Kier molecular flexibility index (Phi) is 4.47. The third-order valence-corrected chi connectivity index (χ3v) is 3.47. The molecule has 2 aliphatic heterocycles. The highest BCUT2D eigenvalue weighted by atomic mass is 16.6. The van der Waals surface area contributed by atoms with Gasteiger partial charge in [-0.3, -0.25) is 0 Å². The van der Waals surface area contributed by atoms with Gasteiger partial charge in [0.2, 0.25) is 11.5 Å². The number of nitrogens with zero attached hydrogens (tertiary/aromatic N) is 2. The topological polar surface area (TPSA) is 59.9 Å². The molecule has 2 heterocycles. The summed E-state index contributed by atoms with van der Waals surface area (Å²) in [6.07, 6.45) is 6.91. The minimum absolute atomic E-state index is 0.0356. The van der Waals surface area contributed by atoms with Crippen LogP contribution in [0.25, 0.3) is 0 Å². The summed E-state index contributed by atoms with van der Waals surface area (Å²) in [5, 5.41) is 0. The summed E-state index contributed by atoms with van der Waals surface area (Å²) in [5.41, 5.74) is 4.67. The molecule has 21 heavy (non-hydrogen) atoms. The lowest BCUT2D eigenvalue weighted by molar-refractivity contribution is -0.785. The van der Waals surface area contributed by atoms with Gasteiger partial charge in [0.15, 0.2) is 5.76 Å². The van der Waals surface area contributed by atoms with E-state index in [0.717, 1.165) is 30.1 Å². The molecule has 1 amide bonds. The lowest BCUT2D eigenvalue weighted by Gasteiger charge is -2.32. The number of methoxy groups -OCH3 is 1. The van der Waals surface area contributed by atoms with Gasteiger partial charge in [-0.2, -0.15) is 4.99 Å². The normalized spacial score (nSPS) is 23.4.